The molecular formula is C14H23N5O. The first-order valence-electron chi connectivity index (χ1n) is 7.32. The maximum atomic E-state index is 5.96. The number of nitrogens with zero attached hydrogens (tertiary/aromatic N) is 4. The van der Waals surface area contributed by atoms with E-state index in [-0.39, 0.29) is 0 Å². The quantitative estimate of drug-likeness (QED) is 0.853. The van der Waals surface area contributed by atoms with Crippen molar-refractivity contribution in [1.29, 1.82) is 0 Å². The maximum absolute atomic E-state index is 5.96. The second-order valence-corrected chi connectivity index (χ2v) is 5.64. The third-order valence-corrected chi connectivity index (χ3v) is 4.29. The van der Waals surface area contributed by atoms with E-state index >= 15 is 0 Å². The first-order chi connectivity index (χ1) is 9.65. The van der Waals surface area contributed by atoms with Gasteiger partial charge in [-0.05, 0) is 20.3 Å². The van der Waals surface area contributed by atoms with Gasteiger partial charge in [0.25, 0.3) is 0 Å². The standard InChI is InChI=1S/C14H23N5O/c1-10-13(15)16-11(2)17-14(10)19-4-3-12(9-19)18-5-7-20-8-6-18/h12H,3-9H2,1-2H3,(H2,15,16,17). The van der Waals surface area contributed by atoms with Crippen LogP contribution in [0, 0.1) is 13.8 Å². The summed E-state index contributed by atoms with van der Waals surface area (Å²) in [5.41, 5.74) is 6.96. The van der Waals surface area contributed by atoms with Crippen LogP contribution in [0.4, 0.5) is 11.6 Å². The molecule has 1 unspecified atom stereocenters. The van der Waals surface area contributed by atoms with E-state index in [9.17, 15) is 0 Å². The van der Waals surface area contributed by atoms with Gasteiger partial charge in [0, 0.05) is 37.8 Å². The molecule has 1 atom stereocenters. The minimum Gasteiger partial charge on any atom is -0.383 e. The summed E-state index contributed by atoms with van der Waals surface area (Å²) < 4.78 is 5.43. The predicted molar refractivity (Wildman–Crippen MR) is 78.9 cm³/mol. The van der Waals surface area contributed by atoms with Crippen molar-refractivity contribution in [3.63, 3.8) is 0 Å². The van der Waals surface area contributed by atoms with Crippen LogP contribution < -0.4 is 10.6 Å². The van der Waals surface area contributed by atoms with E-state index < -0.39 is 0 Å². The van der Waals surface area contributed by atoms with Crippen LogP contribution in [0.3, 0.4) is 0 Å². The molecule has 6 heteroatoms. The molecule has 2 N–H and O–H groups in total. The van der Waals surface area contributed by atoms with Gasteiger partial charge in [0.2, 0.25) is 0 Å². The molecule has 0 radical (unpaired) electrons. The number of rotatable bonds is 2. The Morgan fingerprint density at radius 3 is 2.65 bits per heavy atom. The zero-order valence-corrected chi connectivity index (χ0v) is 12.3. The molecule has 0 spiro atoms. The lowest BCUT2D eigenvalue weighted by atomic mass is 10.2. The molecule has 20 heavy (non-hydrogen) atoms. The van der Waals surface area contributed by atoms with E-state index in [0.717, 1.165) is 56.6 Å². The summed E-state index contributed by atoms with van der Waals surface area (Å²) >= 11 is 0. The highest BCUT2D eigenvalue weighted by Gasteiger charge is 2.30. The van der Waals surface area contributed by atoms with Gasteiger partial charge in [-0.1, -0.05) is 0 Å². The van der Waals surface area contributed by atoms with E-state index in [4.69, 9.17) is 10.5 Å². The third-order valence-electron chi connectivity index (χ3n) is 4.29. The predicted octanol–water partition coefficient (Wildman–Crippen LogP) is 0.587. The fourth-order valence-electron chi connectivity index (χ4n) is 3.12. The van der Waals surface area contributed by atoms with Crippen LogP contribution in [0.25, 0.3) is 0 Å². The molecule has 2 aliphatic rings. The SMILES string of the molecule is Cc1nc(N)c(C)c(N2CCC(N3CCOCC3)C2)n1. The van der Waals surface area contributed by atoms with E-state index in [2.05, 4.69) is 19.8 Å². The number of morpholine rings is 1. The summed E-state index contributed by atoms with van der Waals surface area (Å²) in [6.07, 6.45) is 1.18. The summed E-state index contributed by atoms with van der Waals surface area (Å²) in [6.45, 7) is 9.77. The fourth-order valence-corrected chi connectivity index (χ4v) is 3.12. The van der Waals surface area contributed by atoms with Crippen LogP contribution in [0.5, 0.6) is 0 Å². The summed E-state index contributed by atoms with van der Waals surface area (Å²) in [4.78, 5) is 13.7. The highest BCUT2D eigenvalue weighted by molar-refractivity contribution is 5.57. The number of aromatic nitrogens is 2. The molecule has 0 saturated carbocycles. The van der Waals surface area contributed by atoms with Gasteiger partial charge >= 0.3 is 0 Å². The minimum absolute atomic E-state index is 0.599. The van der Waals surface area contributed by atoms with Gasteiger partial charge in [0.05, 0.1) is 13.2 Å². The lowest BCUT2D eigenvalue weighted by Gasteiger charge is -2.32. The monoisotopic (exact) mass is 277 g/mol. The molecule has 0 aromatic carbocycles. The Bertz CT molecular complexity index is 487. The second kappa shape index (κ2) is 5.54. The number of nitrogens with two attached hydrogens (primary N) is 1. The molecular weight excluding hydrogens is 254 g/mol. The molecule has 0 aliphatic carbocycles. The van der Waals surface area contributed by atoms with Crippen LogP contribution in [-0.4, -0.2) is 60.3 Å². The number of ether oxygens (including phenoxy) is 1. The largest absolute Gasteiger partial charge is 0.383 e. The molecule has 0 amide bonds. The molecule has 3 rings (SSSR count). The Balaban J connectivity index is 1.73. The molecule has 3 heterocycles. The molecule has 0 bridgehead atoms. The zero-order chi connectivity index (χ0) is 14.1. The van der Waals surface area contributed by atoms with Gasteiger partial charge in [-0.3, -0.25) is 4.90 Å². The molecule has 2 fully saturated rings. The Kier molecular flexibility index (Phi) is 3.76. The summed E-state index contributed by atoms with van der Waals surface area (Å²) in [7, 11) is 0. The Morgan fingerprint density at radius 1 is 1.15 bits per heavy atom. The van der Waals surface area contributed by atoms with Gasteiger partial charge in [0.1, 0.15) is 17.5 Å². The fraction of sp³-hybridized carbons (Fsp3) is 0.714. The van der Waals surface area contributed by atoms with Crippen LogP contribution in [0.1, 0.15) is 17.8 Å². The lowest BCUT2D eigenvalue weighted by Crippen LogP contribution is -2.44. The Labute approximate surface area is 119 Å². The van der Waals surface area contributed by atoms with Crippen molar-refractivity contribution in [2.75, 3.05) is 50.0 Å². The minimum atomic E-state index is 0.599. The zero-order valence-electron chi connectivity index (χ0n) is 12.3. The number of hydrogen-bond donors (Lipinski definition) is 1. The van der Waals surface area contributed by atoms with Crippen molar-refractivity contribution in [3.8, 4) is 0 Å². The van der Waals surface area contributed by atoms with Gasteiger partial charge in [0.15, 0.2) is 0 Å². The Morgan fingerprint density at radius 2 is 1.90 bits per heavy atom. The van der Waals surface area contributed by atoms with Crippen molar-refractivity contribution in [2.45, 2.75) is 26.3 Å². The lowest BCUT2D eigenvalue weighted by molar-refractivity contribution is 0.0209. The van der Waals surface area contributed by atoms with Crippen LogP contribution in [0.15, 0.2) is 0 Å². The normalized spacial score (nSPS) is 24.3. The number of nitrogen functional groups attached to an aromatic ring is 1. The molecule has 1 aromatic heterocycles. The van der Waals surface area contributed by atoms with E-state index in [1.165, 1.54) is 6.42 Å². The third kappa shape index (κ3) is 2.58. The first kappa shape index (κ1) is 13.6. The first-order valence-corrected chi connectivity index (χ1v) is 7.32. The number of hydrogen-bond acceptors (Lipinski definition) is 6. The van der Waals surface area contributed by atoms with E-state index in [0.29, 0.717) is 11.9 Å². The van der Waals surface area contributed by atoms with Crippen LogP contribution in [-0.2, 0) is 4.74 Å². The number of anilines is 2. The van der Waals surface area contributed by atoms with Crippen LogP contribution >= 0.6 is 0 Å². The van der Waals surface area contributed by atoms with Gasteiger partial charge < -0.3 is 15.4 Å². The van der Waals surface area contributed by atoms with Crippen molar-refractivity contribution in [3.05, 3.63) is 11.4 Å². The average molecular weight is 277 g/mol. The molecule has 110 valence electrons. The highest BCUT2D eigenvalue weighted by atomic mass is 16.5. The van der Waals surface area contributed by atoms with Crippen molar-refractivity contribution in [2.24, 2.45) is 0 Å². The van der Waals surface area contributed by atoms with Crippen molar-refractivity contribution >= 4 is 11.6 Å². The van der Waals surface area contributed by atoms with Gasteiger partial charge in [-0.15, -0.1) is 0 Å². The van der Waals surface area contributed by atoms with Crippen molar-refractivity contribution < 1.29 is 4.74 Å². The second-order valence-electron chi connectivity index (χ2n) is 5.64. The summed E-state index contributed by atoms with van der Waals surface area (Å²) in [5.74, 6) is 2.35. The van der Waals surface area contributed by atoms with Crippen LogP contribution in [0.2, 0.25) is 0 Å². The smallest absolute Gasteiger partial charge is 0.137 e. The highest BCUT2D eigenvalue weighted by Crippen LogP contribution is 2.27. The number of aryl methyl sites for hydroxylation is 1. The molecule has 2 aliphatic heterocycles. The Hall–Kier alpha value is -1.40. The molecule has 1 aromatic rings. The van der Waals surface area contributed by atoms with E-state index in [1.54, 1.807) is 0 Å². The summed E-state index contributed by atoms with van der Waals surface area (Å²) in [6, 6.07) is 0.606. The van der Waals surface area contributed by atoms with E-state index in [1.807, 2.05) is 13.8 Å². The topological polar surface area (TPSA) is 67.5 Å². The summed E-state index contributed by atoms with van der Waals surface area (Å²) in [5, 5.41) is 0. The van der Waals surface area contributed by atoms with Gasteiger partial charge in [-0.25, -0.2) is 9.97 Å². The van der Waals surface area contributed by atoms with Gasteiger partial charge in [-0.2, -0.15) is 0 Å². The maximum Gasteiger partial charge on any atom is 0.137 e. The average Bonchev–Trinajstić information content (AvgIpc) is 2.93. The molecule has 6 nitrogen and oxygen atoms in total. The van der Waals surface area contributed by atoms with Crippen molar-refractivity contribution in [1.82, 2.24) is 14.9 Å². The molecule has 2 saturated heterocycles.